The molecule has 1 aliphatic rings. The monoisotopic (exact) mass is 231 g/mol. The fourth-order valence-electron chi connectivity index (χ4n) is 2.46. The summed E-state index contributed by atoms with van der Waals surface area (Å²) >= 11 is 0. The number of fused-ring (bicyclic) bond motifs is 1. The van der Waals surface area contributed by atoms with Crippen LogP contribution in [0.3, 0.4) is 0 Å². The summed E-state index contributed by atoms with van der Waals surface area (Å²) in [5, 5.41) is 9.49. The fourth-order valence-corrected chi connectivity index (χ4v) is 2.46. The SMILES string of the molecule is Cc1cccc2nc(CN3CC[C@@H](O)C3)cn12. The van der Waals surface area contributed by atoms with Crippen molar-refractivity contribution in [2.75, 3.05) is 13.1 Å². The van der Waals surface area contributed by atoms with Gasteiger partial charge in [-0.05, 0) is 25.5 Å². The summed E-state index contributed by atoms with van der Waals surface area (Å²) in [6.07, 6.45) is 2.82. The highest BCUT2D eigenvalue weighted by molar-refractivity contribution is 5.41. The Morgan fingerprint density at radius 1 is 1.47 bits per heavy atom. The van der Waals surface area contributed by atoms with Crippen LogP contribution in [-0.4, -0.2) is 38.6 Å². The molecule has 2 aromatic heterocycles. The van der Waals surface area contributed by atoms with E-state index in [-0.39, 0.29) is 6.10 Å². The predicted octanol–water partition coefficient (Wildman–Crippen LogP) is 1.21. The molecule has 1 atom stereocenters. The van der Waals surface area contributed by atoms with Gasteiger partial charge < -0.3 is 9.51 Å². The van der Waals surface area contributed by atoms with Crippen LogP contribution in [0.25, 0.3) is 5.65 Å². The molecule has 0 radical (unpaired) electrons. The molecule has 17 heavy (non-hydrogen) atoms. The van der Waals surface area contributed by atoms with E-state index in [9.17, 15) is 5.11 Å². The molecule has 0 amide bonds. The summed E-state index contributed by atoms with van der Waals surface area (Å²) in [6, 6.07) is 6.13. The molecule has 0 aliphatic carbocycles. The van der Waals surface area contributed by atoms with Crippen molar-refractivity contribution in [3.05, 3.63) is 35.8 Å². The number of hydrogen-bond donors (Lipinski definition) is 1. The normalized spacial score (nSPS) is 21.4. The third kappa shape index (κ3) is 2.06. The van der Waals surface area contributed by atoms with Gasteiger partial charge in [0, 0.05) is 31.5 Å². The van der Waals surface area contributed by atoms with E-state index < -0.39 is 0 Å². The molecule has 3 heterocycles. The summed E-state index contributed by atoms with van der Waals surface area (Å²) in [5.74, 6) is 0. The van der Waals surface area contributed by atoms with E-state index in [2.05, 4.69) is 33.5 Å². The smallest absolute Gasteiger partial charge is 0.137 e. The molecule has 0 spiro atoms. The molecule has 1 saturated heterocycles. The lowest BCUT2D eigenvalue weighted by Gasteiger charge is -2.12. The van der Waals surface area contributed by atoms with Crippen molar-refractivity contribution in [1.29, 1.82) is 0 Å². The van der Waals surface area contributed by atoms with Crippen LogP contribution < -0.4 is 0 Å². The van der Waals surface area contributed by atoms with Crippen LogP contribution in [0.4, 0.5) is 0 Å². The van der Waals surface area contributed by atoms with Crippen LogP contribution >= 0.6 is 0 Å². The molecule has 3 rings (SSSR count). The molecule has 90 valence electrons. The molecule has 2 aromatic rings. The van der Waals surface area contributed by atoms with E-state index in [4.69, 9.17) is 0 Å². The standard InChI is InChI=1S/C13H17N3O/c1-10-3-2-4-13-14-11(8-16(10)13)7-15-6-5-12(17)9-15/h2-4,8,12,17H,5-7,9H2,1H3/t12-/m1/s1. The van der Waals surface area contributed by atoms with Crippen LogP contribution in [0.1, 0.15) is 17.8 Å². The van der Waals surface area contributed by atoms with Gasteiger partial charge in [-0.2, -0.15) is 0 Å². The molecule has 4 nitrogen and oxygen atoms in total. The number of aryl methyl sites for hydroxylation is 1. The fraction of sp³-hybridized carbons (Fsp3) is 0.462. The average Bonchev–Trinajstić information content (AvgIpc) is 2.86. The van der Waals surface area contributed by atoms with E-state index >= 15 is 0 Å². The zero-order chi connectivity index (χ0) is 11.8. The van der Waals surface area contributed by atoms with E-state index in [1.54, 1.807) is 0 Å². The number of aromatic nitrogens is 2. The van der Waals surface area contributed by atoms with Gasteiger partial charge in [-0.15, -0.1) is 0 Å². The first-order valence-electron chi connectivity index (χ1n) is 6.06. The Morgan fingerprint density at radius 2 is 2.35 bits per heavy atom. The Kier molecular flexibility index (Phi) is 2.61. The Morgan fingerprint density at radius 3 is 3.06 bits per heavy atom. The lowest BCUT2D eigenvalue weighted by molar-refractivity contribution is 0.174. The van der Waals surface area contributed by atoms with Crippen LogP contribution in [0, 0.1) is 6.92 Å². The molecule has 0 saturated carbocycles. The van der Waals surface area contributed by atoms with Crippen molar-refractivity contribution in [2.24, 2.45) is 0 Å². The van der Waals surface area contributed by atoms with Gasteiger partial charge in [0.1, 0.15) is 5.65 Å². The Hall–Kier alpha value is -1.39. The van der Waals surface area contributed by atoms with Gasteiger partial charge >= 0.3 is 0 Å². The molecule has 1 N–H and O–H groups in total. The number of aliphatic hydroxyl groups is 1. The van der Waals surface area contributed by atoms with Crippen molar-refractivity contribution in [3.8, 4) is 0 Å². The maximum Gasteiger partial charge on any atom is 0.137 e. The number of likely N-dealkylation sites (tertiary alicyclic amines) is 1. The number of nitrogens with zero attached hydrogens (tertiary/aromatic N) is 3. The zero-order valence-electron chi connectivity index (χ0n) is 10.0. The highest BCUT2D eigenvalue weighted by Crippen LogP contribution is 2.14. The Labute approximate surface area is 101 Å². The minimum Gasteiger partial charge on any atom is -0.392 e. The topological polar surface area (TPSA) is 40.8 Å². The lowest BCUT2D eigenvalue weighted by atomic mass is 10.3. The second kappa shape index (κ2) is 4.13. The van der Waals surface area contributed by atoms with Gasteiger partial charge in [-0.25, -0.2) is 4.98 Å². The molecule has 0 aromatic carbocycles. The maximum absolute atomic E-state index is 9.49. The second-order valence-electron chi connectivity index (χ2n) is 4.81. The predicted molar refractivity (Wildman–Crippen MR) is 65.8 cm³/mol. The molecule has 1 fully saturated rings. The minimum atomic E-state index is -0.159. The van der Waals surface area contributed by atoms with Gasteiger partial charge in [0.15, 0.2) is 0 Å². The lowest BCUT2D eigenvalue weighted by Crippen LogP contribution is -2.21. The van der Waals surface area contributed by atoms with Gasteiger partial charge in [0.05, 0.1) is 11.8 Å². The van der Waals surface area contributed by atoms with Gasteiger partial charge in [-0.3, -0.25) is 4.90 Å². The van der Waals surface area contributed by atoms with Gasteiger partial charge in [-0.1, -0.05) is 6.07 Å². The van der Waals surface area contributed by atoms with Crippen molar-refractivity contribution in [1.82, 2.24) is 14.3 Å². The average molecular weight is 231 g/mol. The summed E-state index contributed by atoms with van der Waals surface area (Å²) < 4.78 is 2.11. The molecule has 1 aliphatic heterocycles. The third-order valence-corrected chi connectivity index (χ3v) is 3.38. The van der Waals surface area contributed by atoms with E-state index in [0.29, 0.717) is 0 Å². The maximum atomic E-state index is 9.49. The first-order chi connectivity index (χ1) is 8.22. The molecular weight excluding hydrogens is 214 g/mol. The van der Waals surface area contributed by atoms with Crippen LogP contribution in [0.2, 0.25) is 0 Å². The first-order valence-corrected chi connectivity index (χ1v) is 6.06. The zero-order valence-corrected chi connectivity index (χ0v) is 10.0. The molecule has 0 unspecified atom stereocenters. The van der Waals surface area contributed by atoms with Crippen molar-refractivity contribution in [2.45, 2.75) is 26.0 Å². The number of imidazole rings is 1. The van der Waals surface area contributed by atoms with Gasteiger partial charge in [0.2, 0.25) is 0 Å². The summed E-state index contributed by atoms with van der Waals surface area (Å²) in [4.78, 5) is 6.85. The first kappa shape index (κ1) is 10.7. The molecule has 0 bridgehead atoms. The number of pyridine rings is 1. The van der Waals surface area contributed by atoms with Crippen molar-refractivity contribution < 1.29 is 5.11 Å². The summed E-state index contributed by atoms with van der Waals surface area (Å²) in [5.41, 5.74) is 3.27. The van der Waals surface area contributed by atoms with Gasteiger partial charge in [0.25, 0.3) is 0 Å². The van der Waals surface area contributed by atoms with E-state index in [1.807, 2.05) is 12.1 Å². The number of aliphatic hydroxyl groups excluding tert-OH is 1. The van der Waals surface area contributed by atoms with Crippen molar-refractivity contribution >= 4 is 5.65 Å². The molecular formula is C13H17N3O. The quantitative estimate of drug-likeness (QED) is 0.844. The van der Waals surface area contributed by atoms with Crippen LogP contribution in [0.15, 0.2) is 24.4 Å². The van der Waals surface area contributed by atoms with E-state index in [0.717, 1.165) is 37.4 Å². The highest BCUT2D eigenvalue weighted by atomic mass is 16.3. The Balaban J connectivity index is 1.84. The van der Waals surface area contributed by atoms with E-state index in [1.165, 1.54) is 5.69 Å². The Bertz CT molecular complexity index is 534. The number of hydrogen-bond acceptors (Lipinski definition) is 3. The van der Waals surface area contributed by atoms with Crippen molar-refractivity contribution in [3.63, 3.8) is 0 Å². The number of β-amino-alcohol motifs (C(OH)–C–C–N with tert-alkyl or cyclic N) is 1. The minimum absolute atomic E-state index is 0.159. The summed E-state index contributed by atoms with van der Waals surface area (Å²) in [7, 11) is 0. The number of rotatable bonds is 2. The third-order valence-electron chi connectivity index (χ3n) is 3.38. The summed E-state index contributed by atoms with van der Waals surface area (Å²) in [6.45, 7) is 4.65. The largest absolute Gasteiger partial charge is 0.392 e. The highest BCUT2D eigenvalue weighted by Gasteiger charge is 2.20. The second-order valence-corrected chi connectivity index (χ2v) is 4.81. The molecule has 4 heteroatoms. The van der Waals surface area contributed by atoms with Crippen LogP contribution in [0.5, 0.6) is 0 Å². The van der Waals surface area contributed by atoms with Crippen LogP contribution in [-0.2, 0) is 6.54 Å².